The van der Waals surface area contributed by atoms with E-state index in [2.05, 4.69) is 21.2 Å². The van der Waals surface area contributed by atoms with Gasteiger partial charge in [-0.2, -0.15) is 0 Å². The molecule has 2 rings (SSSR count). The number of carbonyl (C=O) groups is 1. The van der Waals surface area contributed by atoms with Crippen LogP contribution < -0.4 is 5.32 Å². The molecule has 3 atom stereocenters. The summed E-state index contributed by atoms with van der Waals surface area (Å²) >= 11 is 3.50. The van der Waals surface area contributed by atoms with Gasteiger partial charge < -0.3 is 25.0 Å². The zero-order valence-corrected chi connectivity index (χ0v) is 15.7. The van der Waals surface area contributed by atoms with Crippen LogP contribution >= 0.6 is 15.9 Å². The Labute approximate surface area is 146 Å². The van der Waals surface area contributed by atoms with E-state index >= 15 is 0 Å². The second-order valence-corrected chi connectivity index (χ2v) is 7.89. The van der Waals surface area contributed by atoms with E-state index in [4.69, 9.17) is 4.74 Å². The van der Waals surface area contributed by atoms with Crippen LogP contribution in [0.2, 0.25) is 0 Å². The molecule has 0 saturated carbocycles. The Balaban J connectivity index is 1.98. The maximum atomic E-state index is 12.3. The number of nitrogens with one attached hydrogen (secondary N) is 1. The zero-order valence-electron chi connectivity index (χ0n) is 14.1. The highest BCUT2D eigenvalue weighted by molar-refractivity contribution is 9.09. The smallest absolute Gasteiger partial charge is 0.410 e. The van der Waals surface area contributed by atoms with E-state index in [1.54, 1.807) is 4.90 Å². The molecule has 0 aliphatic carbocycles. The average Bonchev–Trinajstić information content (AvgIpc) is 2.90. The predicted molar refractivity (Wildman–Crippen MR) is 92.8 cm³/mol. The second-order valence-electron chi connectivity index (χ2n) is 6.95. The Morgan fingerprint density at radius 1 is 1.52 bits per heavy atom. The van der Waals surface area contributed by atoms with Crippen LogP contribution in [0.1, 0.15) is 33.6 Å². The van der Waals surface area contributed by atoms with Gasteiger partial charge in [-0.3, -0.25) is 0 Å². The molecule has 0 aromatic heterocycles. The molecule has 1 saturated heterocycles. The van der Waals surface area contributed by atoms with Crippen LogP contribution in [0.5, 0.6) is 0 Å². The van der Waals surface area contributed by atoms with Crippen molar-refractivity contribution in [1.82, 2.24) is 15.1 Å². The van der Waals surface area contributed by atoms with Gasteiger partial charge in [0, 0.05) is 19.8 Å². The van der Waals surface area contributed by atoms with Crippen molar-refractivity contribution in [1.29, 1.82) is 0 Å². The van der Waals surface area contributed by atoms with Crippen LogP contribution in [0, 0.1) is 0 Å². The molecule has 130 valence electrons. The van der Waals surface area contributed by atoms with Crippen LogP contribution in [0.4, 0.5) is 4.79 Å². The lowest BCUT2D eigenvalue weighted by Crippen LogP contribution is -2.50. The monoisotopic (exact) mass is 387 g/mol. The Hall–Kier alpha value is -1.21. The van der Waals surface area contributed by atoms with E-state index < -0.39 is 11.8 Å². The number of carbonyl (C=O) groups excluding carboxylic acids is 1. The maximum Gasteiger partial charge on any atom is 0.410 e. The lowest BCUT2D eigenvalue weighted by atomic mass is 10.1. The Morgan fingerprint density at radius 2 is 2.22 bits per heavy atom. The van der Waals surface area contributed by atoms with Crippen molar-refractivity contribution in [2.24, 2.45) is 0 Å². The number of likely N-dealkylation sites (N-methyl/N-ethyl adjacent to an activating group) is 1. The van der Waals surface area contributed by atoms with Gasteiger partial charge in [-0.25, -0.2) is 4.79 Å². The fourth-order valence-corrected chi connectivity index (χ4v) is 2.94. The van der Waals surface area contributed by atoms with Crippen molar-refractivity contribution >= 4 is 22.0 Å². The van der Waals surface area contributed by atoms with Crippen molar-refractivity contribution in [2.75, 3.05) is 13.6 Å². The largest absolute Gasteiger partial charge is 0.444 e. The molecule has 2 heterocycles. The number of aliphatic hydroxyl groups is 1. The van der Waals surface area contributed by atoms with E-state index in [9.17, 15) is 9.90 Å². The Bertz CT molecular complexity index is 501. The van der Waals surface area contributed by atoms with Gasteiger partial charge in [0.1, 0.15) is 16.8 Å². The van der Waals surface area contributed by atoms with E-state index in [1.807, 2.05) is 51.1 Å². The topological polar surface area (TPSA) is 65.0 Å². The summed E-state index contributed by atoms with van der Waals surface area (Å²) in [5.41, 5.74) is 0.275. The van der Waals surface area contributed by atoms with E-state index in [0.717, 1.165) is 18.5 Å². The molecule has 2 aliphatic heterocycles. The van der Waals surface area contributed by atoms with Gasteiger partial charge in [0.05, 0.1) is 11.7 Å². The van der Waals surface area contributed by atoms with Gasteiger partial charge in [-0.1, -0.05) is 15.9 Å². The normalized spacial score (nSPS) is 26.1. The number of nitrogens with zero attached hydrogens (tertiary/aromatic N) is 2. The van der Waals surface area contributed by atoms with Gasteiger partial charge in [0.15, 0.2) is 0 Å². The summed E-state index contributed by atoms with van der Waals surface area (Å²) in [4.78, 5) is 16.0. The van der Waals surface area contributed by atoms with Crippen LogP contribution in [-0.4, -0.2) is 57.4 Å². The molecule has 2 unspecified atom stereocenters. The number of allylic oxidation sites excluding steroid dienone is 1. The first kappa shape index (κ1) is 18.1. The van der Waals surface area contributed by atoms with Crippen molar-refractivity contribution < 1.29 is 14.6 Å². The molecule has 2 N–H and O–H groups in total. The lowest BCUT2D eigenvalue weighted by molar-refractivity contribution is 0.000985. The van der Waals surface area contributed by atoms with E-state index in [1.165, 1.54) is 0 Å². The molecule has 1 amide bonds. The molecule has 0 bridgehead atoms. The van der Waals surface area contributed by atoms with Gasteiger partial charge in [-0.15, -0.1) is 0 Å². The number of amides is 1. The fourth-order valence-electron chi connectivity index (χ4n) is 2.67. The summed E-state index contributed by atoms with van der Waals surface area (Å²) in [5.74, 6) is 0. The standard InChI is InChI=1S/C16H26BrN3O3/c1-16(2,3)23-15(22)20-9-5-6-12(20)14(21)18-11-7-8-13(17)19(4)10-11/h7-8,10,12-14,18,21H,5-6,9H2,1-4H3/t12-,13?,14?/m0/s1. The third-order valence-corrected chi connectivity index (χ3v) is 4.72. The van der Waals surface area contributed by atoms with Crippen molar-refractivity contribution in [3.63, 3.8) is 0 Å². The van der Waals surface area contributed by atoms with Crippen LogP contribution in [0.15, 0.2) is 24.0 Å². The number of alkyl halides is 1. The minimum atomic E-state index is -0.832. The first-order valence-corrected chi connectivity index (χ1v) is 8.79. The van der Waals surface area contributed by atoms with Gasteiger partial charge in [-0.05, 0) is 45.8 Å². The summed E-state index contributed by atoms with van der Waals surface area (Å²) < 4.78 is 5.43. The van der Waals surface area contributed by atoms with Crippen molar-refractivity contribution in [3.05, 3.63) is 24.0 Å². The first-order valence-electron chi connectivity index (χ1n) is 7.87. The molecule has 6 nitrogen and oxygen atoms in total. The highest BCUT2D eigenvalue weighted by atomic mass is 79.9. The highest BCUT2D eigenvalue weighted by Crippen LogP contribution is 2.23. The third kappa shape index (κ3) is 4.88. The molecule has 0 radical (unpaired) electrons. The summed E-state index contributed by atoms with van der Waals surface area (Å²) in [5, 5.41) is 13.6. The molecule has 0 aromatic rings. The zero-order chi connectivity index (χ0) is 17.2. The average molecular weight is 388 g/mol. The summed E-state index contributed by atoms with van der Waals surface area (Å²) in [6, 6.07) is -0.286. The minimum absolute atomic E-state index is 0.148. The molecule has 2 aliphatic rings. The van der Waals surface area contributed by atoms with Gasteiger partial charge in [0.2, 0.25) is 0 Å². The fraction of sp³-hybridized carbons (Fsp3) is 0.688. The molecule has 1 fully saturated rings. The van der Waals surface area contributed by atoms with Crippen molar-refractivity contribution in [3.8, 4) is 0 Å². The Morgan fingerprint density at radius 3 is 2.83 bits per heavy atom. The SMILES string of the molecule is CN1C=C(NC(O)[C@@H]2CCCN2C(=O)OC(C)(C)C)C=CC1Br. The summed E-state index contributed by atoms with van der Waals surface area (Å²) in [7, 11) is 1.94. The molecule has 7 heteroatoms. The number of halogens is 1. The van der Waals surface area contributed by atoms with E-state index in [0.29, 0.717) is 6.54 Å². The van der Waals surface area contributed by atoms with E-state index in [-0.39, 0.29) is 17.1 Å². The lowest BCUT2D eigenvalue weighted by Gasteiger charge is -2.32. The number of rotatable bonds is 3. The number of hydrogen-bond acceptors (Lipinski definition) is 5. The number of ether oxygens (including phenoxy) is 1. The van der Waals surface area contributed by atoms with Crippen LogP contribution in [0.3, 0.4) is 0 Å². The molecule has 23 heavy (non-hydrogen) atoms. The van der Waals surface area contributed by atoms with Crippen molar-refractivity contribution in [2.45, 2.75) is 56.4 Å². The third-order valence-electron chi connectivity index (χ3n) is 3.77. The molecule has 0 aromatic carbocycles. The first-order chi connectivity index (χ1) is 10.7. The summed E-state index contributed by atoms with van der Waals surface area (Å²) in [6.07, 6.45) is 6.22. The predicted octanol–water partition coefficient (Wildman–Crippen LogP) is 2.36. The molecular weight excluding hydrogens is 362 g/mol. The molecule has 0 spiro atoms. The quantitative estimate of drug-likeness (QED) is 0.442. The van der Waals surface area contributed by atoms with Crippen LogP contribution in [-0.2, 0) is 4.74 Å². The maximum absolute atomic E-state index is 12.3. The van der Waals surface area contributed by atoms with Crippen LogP contribution in [0.25, 0.3) is 0 Å². The number of likely N-dealkylation sites (tertiary alicyclic amines) is 1. The van der Waals surface area contributed by atoms with Gasteiger partial charge in [0.25, 0.3) is 0 Å². The second kappa shape index (κ2) is 7.13. The highest BCUT2D eigenvalue weighted by Gasteiger charge is 2.36. The molecular formula is C16H26BrN3O3. The Kier molecular flexibility index (Phi) is 5.62. The number of hydrogen-bond donors (Lipinski definition) is 2. The minimum Gasteiger partial charge on any atom is -0.444 e. The van der Waals surface area contributed by atoms with Gasteiger partial charge >= 0.3 is 6.09 Å². The summed E-state index contributed by atoms with van der Waals surface area (Å²) in [6.45, 7) is 6.13. The number of aliphatic hydroxyl groups excluding tert-OH is 1.